The van der Waals surface area contributed by atoms with Gasteiger partial charge in [0.15, 0.2) is 11.5 Å². The van der Waals surface area contributed by atoms with Gasteiger partial charge in [0.2, 0.25) is 0 Å². The Balaban J connectivity index is 3.05. The molecule has 0 bridgehead atoms. The van der Waals surface area contributed by atoms with Crippen LogP contribution in [-0.2, 0) is 10.1 Å². The minimum atomic E-state index is -4.11. The fourth-order valence-corrected chi connectivity index (χ4v) is 1.45. The summed E-state index contributed by atoms with van der Waals surface area (Å²) in [5.74, 6) is 1.03. The number of hydrogen-bond acceptors (Lipinski definition) is 4. The maximum absolute atomic E-state index is 10.5. The molecule has 1 aromatic carbocycles. The van der Waals surface area contributed by atoms with E-state index in [2.05, 4.69) is 0 Å². The van der Waals surface area contributed by atoms with Crippen LogP contribution < -0.4 is 9.47 Å². The first-order valence-corrected chi connectivity index (χ1v) is 5.84. The van der Waals surface area contributed by atoms with Crippen molar-refractivity contribution in [2.45, 2.75) is 0 Å². The molecule has 0 saturated carbocycles. The molecule has 1 rings (SSSR count). The summed E-state index contributed by atoms with van der Waals surface area (Å²) in [6.45, 7) is 0. The predicted molar refractivity (Wildman–Crippen MR) is 60.1 cm³/mol. The van der Waals surface area contributed by atoms with E-state index in [0.29, 0.717) is 22.5 Å². The molecule has 0 fully saturated rings. The molecule has 0 saturated heterocycles. The Morgan fingerprint density at radius 3 is 2.31 bits per heavy atom. The summed E-state index contributed by atoms with van der Waals surface area (Å²) >= 11 is 0. The molecule has 1 aromatic rings. The highest BCUT2D eigenvalue weighted by molar-refractivity contribution is 7.88. The van der Waals surface area contributed by atoms with Crippen LogP contribution in [0, 0.1) is 0 Å². The molecule has 0 heterocycles. The van der Waals surface area contributed by atoms with Gasteiger partial charge in [-0.2, -0.15) is 8.42 Å². The van der Waals surface area contributed by atoms with Gasteiger partial charge in [-0.1, -0.05) is 6.07 Å². The van der Waals surface area contributed by atoms with Crippen LogP contribution in [0.25, 0.3) is 6.08 Å². The molecular formula is C10H12O5S. The molecule has 0 aliphatic heterocycles. The zero-order valence-corrected chi connectivity index (χ0v) is 9.69. The number of rotatable bonds is 4. The minimum absolute atomic E-state index is 0.486. The van der Waals surface area contributed by atoms with Crippen LogP contribution in [0.3, 0.4) is 0 Å². The summed E-state index contributed by atoms with van der Waals surface area (Å²) in [5, 5.41) is 0.703. The molecule has 16 heavy (non-hydrogen) atoms. The number of ether oxygens (including phenoxy) is 2. The smallest absolute Gasteiger partial charge is 0.287 e. The van der Waals surface area contributed by atoms with Crippen LogP contribution in [0.15, 0.2) is 23.6 Å². The Morgan fingerprint density at radius 2 is 1.81 bits per heavy atom. The van der Waals surface area contributed by atoms with Crippen molar-refractivity contribution in [2.75, 3.05) is 14.2 Å². The summed E-state index contributed by atoms with van der Waals surface area (Å²) in [7, 11) is -1.12. The highest BCUT2D eigenvalue weighted by atomic mass is 32.2. The van der Waals surface area contributed by atoms with Gasteiger partial charge < -0.3 is 9.47 Å². The van der Waals surface area contributed by atoms with Crippen molar-refractivity contribution in [1.29, 1.82) is 0 Å². The minimum Gasteiger partial charge on any atom is -0.493 e. The fraction of sp³-hybridized carbons (Fsp3) is 0.200. The molecule has 6 heteroatoms. The van der Waals surface area contributed by atoms with Gasteiger partial charge in [-0.05, 0) is 23.8 Å². The van der Waals surface area contributed by atoms with E-state index in [1.165, 1.54) is 20.3 Å². The summed E-state index contributed by atoms with van der Waals surface area (Å²) in [4.78, 5) is 0. The Hall–Kier alpha value is -1.53. The van der Waals surface area contributed by atoms with Crippen LogP contribution in [0.5, 0.6) is 11.5 Å². The van der Waals surface area contributed by atoms with Gasteiger partial charge in [0.05, 0.1) is 19.6 Å². The summed E-state index contributed by atoms with van der Waals surface area (Å²) < 4.78 is 39.6. The molecule has 0 atom stereocenters. The van der Waals surface area contributed by atoms with Crippen molar-refractivity contribution in [2.24, 2.45) is 0 Å². The predicted octanol–water partition coefficient (Wildman–Crippen LogP) is 1.56. The van der Waals surface area contributed by atoms with Crippen molar-refractivity contribution in [3.05, 3.63) is 29.2 Å². The number of benzene rings is 1. The molecular weight excluding hydrogens is 232 g/mol. The van der Waals surface area contributed by atoms with Gasteiger partial charge in [0.1, 0.15) is 0 Å². The maximum Gasteiger partial charge on any atom is 0.287 e. The molecule has 0 amide bonds. The largest absolute Gasteiger partial charge is 0.493 e. The topological polar surface area (TPSA) is 72.8 Å². The van der Waals surface area contributed by atoms with Crippen molar-refractivity contribution in [3.63, 3.8) is 0 Å². The zero-order chi connectivity index (χ0) is 12.2. The lowest BCUT2D eigenvalue weighted by molar-refractivity contribution is 0.355. The van der Waals surface area contributed by atoms with Gasteiger partial charge in [0.25, 0.3) is 10.1 Å². The van der Waals surface area contributed by atoms with Gasteiger partial charge >= 0.3 is 0 Å². The van der Waals surface area contributed by atoms with Gasteiger partial charge in [-0.15, -0.1) is 0 Å². The maximum atomic E-state index is 10.5. The third-order valence-corrected chi connectivity index (χ3v) is 2.32. The Kier molecular flexibility index (Phi) is 3.92. The first-order valence-electron chi connectivity index (χ1n) is 4.34. The van der Waals surface area contributed by atoms with E-state index in [1.54, 1.807) is 18.2 Å². The highest BCUT2D eigenvalue weighted by Crippen LogP contribution is 2.27. The van der Waals surface area contributed by atoms with Crippen molar-refractivity contribution in [3.8, 4) is 11.5 Å². The SMILES string of the molecule is COc1ccc(C=CS(=O)(=O)O)cc1OC. The van der Waals surface area contributed by atoms with Gasteiger partial charge in [0, 0.05) is 0 Å². The van der Waals surface area contributed by atoms with Crippen LogP contribution in [0.1, 0.15) is 5.56 Å². The van der Waals surface area contributed by atoms with Crippen LogP contribution in [0.2, 0.25) is 0 Å². The quantitative estimate of drug-likeness (QED) is 0.814. The average Bonchev–Trinajstić information content (AvgIpc) is 2.25. The normalized spacial score (nSPS) is 11.7. The van der Waals surface area contributed by atoms with Crippen molar-refractivity contribution >= 4 is 16.2 Å². The Morgan fingerprint density at radius 1 is 1.19 bits per heavy atom. The fourth-order valence-electron chi connectivity index (χ4n) is 1.12. The Bertz CT molecular complexity index is 490. The highest BCUT2D eigenvalue weighted by Gasteiger charge is 2.03. The second-order valence-corrected chi connectivity index (χ2v) is 4.23. The average molecular weight is 244 g/mol. The molecule has 0 radical (unpaired) electrons. The summed E-state index contributed by atoms with van der Waals surface area (Å²) in [6.07, 6.45) is 1.26. The van der Waals surface area contributed by atoms with E-state index >= 15 is 0 Å². The second kappa shape index (κ2) is 5.00. The van der Waals surface area contributed by atoms with E-state index in [0.717, 1.165) is 0 Å². The summed E-state index contributed by atoms with van der Waals surface area (Å²) in [6, 6.07) is 4.88. The molecule has 0 unspecified atom stereocenters. The van der Waals surface area contributed by atoms with E-state index in [-0.39, 0.29) is 0 Å². The van der Waals surface area contributed by atoms with E-state index in [9.17, 15) is 8.42 Å². The lowest BCUT2D eigenvalue weighted by atomic mass is 10.2. The molecule has 1 N–H and O–H groups in total. The zero-order valence-electron chi connectivity index (χ0n) is 8.88. The van der Waals surface area contributed by atoms with Crippen molar-refractivity contribution in [1.82, 2.24) is 0 Å². The van der Waals surface area contributed by atoms with Crippen molar-refractivity contribution < 1.29 is 22.4 Å². The molecule has 0 aromatic heterocycles. The number of methoxy groups -OCH3 is 2. The van der Waals surface area contributed by atoms with Gasteiger partial charge in [-0.3, -0.25) is 4.55 Å². The molecule has 5 nitrogen and oxygen atoms in total. The van der Waals surface area contributed by atoms with Crippen LogP contribution >= 0.6 is 0 Å². The van der Waals surface area contributed by atoms with E-state index < -0.39 is 10.1 Å². The molecule has 88 valence electrons. The first-order chi connectivity index (χ1) is 7.46. The third kappa shape index (κ3) is 3.56. The van der Waals surface area contributed by atoms with Gasteiger partial charge in [-0.25, -0.2) is 0 Å². The lowest BCUT2D eigenvalue weighted by Gasteiger charge is -2.07. The summed E-state index contributed by atoms with van der Waals surface area (Å²) in [5.41, 5.74) is 0.579. The first kappa shape index (κ1) is 12.5. The monoisotopic (exact) mass is 244 g/mol. The van der Waals surface area contributed by atoms with Crippen LogP contribution in [0.4, 0.5) is 0 Å². The second-order valence-electron chi connectivity index (χ2n) is 2.93. The number of hydrogen-bond donors (Lipinski definition) is 1. The molecule has 0 aliphatic carbocycles. The van der Waals surface area contributed by atoms with E-state index in [1.807, 2.05) is 0 Å². The van der Waals surface area contributed by atoms with Crippen LogP contribution in [-0.4, -0.2) is 27.2 Å². The standard InChI is InChI=1S/C10H12O5S/c1-14-9-4-3-8(7-10(9)15-2)5-6-16(11,12)13/h3-7H,1-2H3,(H,11,12,13). The Labute approximate surface area is 94.1 Å². The molecule has 0 spiro atoms. The molecule has 0 aliphatic rings. The third-order valence-electron chi connectivity index (χ3n) is 1.84. The lowest BCUT2D eigenvalue weighted by Crippen LogP contribution is -1.91. The van der Waals surface area contributed by atoms with E-state index in [4.69, 9.17) is 14.0 Å².